The van der Waals surface area contributed by atoms with E-state index in [9.17, 15) is 14.4 Å². The van der Waals surface area contributed by atoms with Crippen molar-refractivity contribution < 1.29 is 28.6 Å². The highest BCUT2D eigenvalue weighted by Gasteiger charge is 2.46. The SMILES string of the molecule is CNC[C@H](CC1(C(=O)N[C@@H](Cc2ccc(OC(C)(C)C)cc2)C(=O)OC(C)(C)C)CCCC1)C(=O)OC(C)(C)C. The number of esters is 2. The van der Waals surface area contributed by atoms with Gasteiger partial charge in [0.15, 0.2) is 0 Å². The van der Waals surface area contributed by atoms with Gasteiger partial charge in [-0.05, 0) is 106 Å². The minimum absolute atomic E-state index is 0.210. The van der Waals surface area contributed by atoms with Crippen LogP contribution in [0.25, 0.3) is 0 Å². The maximum Gasteiger partial charge on any atom is 0.329 e. The zero-order chi connectivity index (χ0) is 30.4. The normalized spacial score (nSPS) is 17.1. The minimum Gasteiger partial charge on any atom is -0.488 e. The van der Waals surface area contributed by atoms with Gasteiger partial charge in [0.2, 0.25) is 5.91 Å². The lowest BCUT2D eigenvalue weighted by Gasteiger charge is -2.34. The van der Waals surface area contributed by atoms with Gasteiger partial charge in [0, 0.05) is 13.0 Å². The Hall–Kier alpha value is -2.61. The Kier molecular flexibility index (Phi) is 11.2. The number of benzene rings is 1. The van der Waals surface area contributed by atoms with E-state index < -0.39 is 34.5 Å². The van der Waals surface area contributed by atoms with Gasteiger partial charge >= 0.3 is 11.9 Å². The second-order valence-corrected chi connectivity index (χ2v) is 14.1. The van der Waals surface area contributed by atoms with E-state index in [1.165, 1.54) is 0 Å². The molecule has 40 heavy (non-hydrogen) atoms. The van der Waals surface area contributed by atoms with Crippen LogP contribution in [0.4, 0.5) is 0 Å². The molecule has 0 aliphatic heterocycles. The van der Waals surface area contributed by atoms with Crippen molar-refractivity contribution in [3.8, 4) is 5.75 Å². The Morgan fingerprint density at radius 1 is 0.825 bits per heavy atom. The Balaban J connectivity index is 2.30. The molecular weight excluding hydrogens is 508 g/mol. The van der Waals surface area contributed by atoms with Gasteiger partial charge in [-0.3, -0.25) is 9.59 Å². The fourth-order valence-corrected chi connectivity index (χ4v) is 5.08. The third-order valence-electron chi connectivity index (χ3n) is 6.65. The molecule has 2 rings (SSSR count). The summed E-state index contributed by atoms with van der Waals surface area (Å²) in [6.45, 7) is 17.3. The molecule has 1 aromatic carbocycles. The second-order valence-electron chi connectivity index (χ2n) is 14.1. The summed E-state index contributed by atoms with van der Waals surface area (Å²) in [6, 6.07) is 6.68. The highest BCUT2D eigenvalue weighted by molar-refractivity contribution is 5.89. The van der Waals surface area contributed by atoms with Crippen molar-refractivity contribution >= 4 is 17.8 Å². The van der Waals surface area contributed by atoms with Gasteiger partial charge in [-0.2, -0.15) is 0 Å². The first-order valence-corrected chi connectivity index (χ1v) is 14.5. The molecule has 0 aromatic heterocycles. The molecule has 1 aromatic rings. The third-order valence-corrected chi connectivity index (χ3v) is 6.65. The van der Waals surface area contributed by atoms with Gasteiger partial charge in [0.1, 0.15) is 28.6 Å². The number of carbonyl (C=O) groups excluding carboxylic acids is 3. The number of hydrogen-bond acceptors (Lipinski definition) is 7. The Labute approximate surface area is 241 Å². The maximum atomic E-state index is 14.0. The van der Waals surface area contributed by atoms with E-state index in [4.69, 9.17) is 14.2 Å². The second kappa shape index (κ2) is 13.4. The average molecular weight is 561 g/mol. The van der Waals surface area contributed by atoms with Crippen molar-refractivity contribution in [2.45, 2.75) is 124 Å². The summed E-state index contributed by atoms with van der Waals surface area (Å²) in [5.74, 6) is -0.761. The Bertz CT molecular complexity index is 992. The molecule has 226 valence electrons. The molecule has 1 aliphatic carbocycles. The summed E-state index contributed by atoms with van der Waals surface area (Å²) in [5, 5.41) is 6.12. The maximum absolute atomic E-state index is 14.0. The fraction of sp³-hybridized carbons (Fsp3) is 0.719. The largest absolute Gasteiger partial charge is 0.488 e. The van der Waals surface area contributed by atoms with Crippen LogP contribution in [0.2, 0.25) is 0 Å². The van der Waals surface area contributed by atoms with Crippen LogP contribution in [0, 0.1) is 11.3 Å². The number of ether oxygens (including phenoxy) is 3. The zero-order valence-electron chi connectivity index (χ0n) is 26.4. The van der Waals surface area contributed by atoms with Crippen LogP contribution >= 0.6 is 0 Å². The lowest BCUT2D eigenvalue weighted by Crippen LogP contribution is -2.51. The van der Waals surface area contributed by atoms with E-state index in [-0.39, 0.29) is 23.9 Å². The molecule has 1 fully saturated rings. The molecule has 8 heteroatoms. The fourth-order valence-electron chi connectivity index (χ4n) is 5.08. The van der Waals surface area contributed by atoms with Crippen molar-refractivity contribution in [3.63, 3.8) is 0 Å². The molecule has 1 amide bonds. The van der Waals surface area contributed by atoms with E-state index >= 15 is 0 Å². The van der Waals surface area contributed by atoms with Crippen molar-refractivity contribution in [1.29, 1.82) is 0 Å². The van der Waals surface area contributed by atoms with Crippen molar-refractivity contribution in [3.05, 3.63) is 29.8 Å². The van der Waals surface area contributed by atoms with Crippen LogP contribution in [0.5, 0.6) is 5.75 Å². The van der Waals surface area contributed by atoms with Gasteiger partial charge in [-0.1, -0.05) is 25.0 Å². The summed E-state index contributed by atoms with van der Waals surface area (Å²) >= 11 is 0. The van der Waals surface area contributed by atoms with Crippen molar-refractivity contribution in [2.24, 2.45) is 11.3 Å². The predicted molar refractivity (Wildman–Crippen MR) is 157 cm³/mol. The van der Waals surface area contributed by atoms with E-state index in [1.807, 2.05) is 86.6 Å². The van der Waals surface area contributed by atoms with Gasteiger partial charge in [0.05, 0.1) is 11.3 Å². The topological polar surface area (TPSA) is 103 Å². The van der Waals surface area contributed by atoms with Crippen LogP contribution in [-0.2, 0) is 30.3 Å². The van der Waals surface area contributed by atoms with E-state index in [0.29, 0.717) is 25.8 Å². The standard InChI is InChI=1S/C32H52N2O6/c1-29(2,3)38-24-15-13-22(14-16-24)19-25(27(36)40-31(7,8)9)34-28(37)32(17-11-12-18-32)20-23(21-33-10)26(35)39-30(4,5)6/h13-16,23,25,33H,11-12,17-21H2,1-10H3,(H,34,37)/t23-,25-/m0/s1. The predicted octanol–water partition coefficient (Wildman–Crippen LogP) is 5.36. The molecule has 1 aliphatic rings. The van der Waals surface area contributed by atoms with Crippen molar-refractivity contribution in [1.82, 2.24) is 10.6 Å². The van der Waals surface area contributed by atoms with E-state index in [0.717, 1.165) is 24.2 Å². The molecule has 0 saturated heterocycles. The van der Waals surface area contributed by atoms with E-state index in [1.54, 1.807) is 7.05 Å². The first-order valence-electron chi connectivity index (χ1n) is 14.5. The minimum atomic E-state index is -0.872. The number of hydrogen-bond donors (Lipinski definition) is 2. The molecular formula is C32H52N2O6. The number of carbonyl (C=O) groups is 3. The average Bonchev–Trinajstić information content (AvgIpc) is 3.26. The smallest absolute Gasteiger partial charge is 0.329 e. The molecule has 2 N–H and O–H groups in total. The third kappa shape index (κ3) is 11.1. The number of nitrogens with one attached hydrogen (secondary N) is 2. The highest BCUT2D eigenvalue weighted by Crippen LogP contribution is 2.44. The molecule has 0 heterocycles. The number of amides is 1. The first-order chi connectivity index (χ1) is 18.3. The summed E-state index contributed by atoms with van der Waals surface area (Å²) in [4.78, 5) is 40.4. The molecule has 1 saturated carbocycles. The van der Waals surface area contributed by atoms with Gasteiger partial charge in [0.25, 0.3) is 0 Å². The molecule has 8 nitrogen and oxygen atoms in total. The van der Waals surface area contributed by atoms with E-state index in [2.05, 4.69) is 10.6 Å². The Morgan fingerprint density at radius 2 is 1.35 bits per heavy atom. The monoisotopic (exact) mass is 560 g/mol. The van der Waals surface area contributed by atoms with Crippen molar-refractivity contribution in [2.75, 3.05) is 13.6 Å². The highest BCUT2D eigenvalue weighted by atomic mass is 16.6. The molecule has 0 unspecified atom stereocenters. The Morgan fingerprint density at radius 3 is 1.82 bits per heavy atom. The summed E-state index contributed by atoms with van der Waals surface area (Å²) in [6.07, 6.45) is 3.72. The quantitative estimate of drug-likeness (QED) is 0.351. The zero-order valence-corrected chi connectivity index (χ0v) is 26.4. The van der Waals surface area contributed by atoms with Gasteiger partial charge in [-0.15, -0.1) is 0 Å². The molecule has 0 bridgehead atoms. The van der Waals surface area contributed by atoms with Crippen LogP contribution in [0.3, 0.4) is 0 Å². The summed E-state index contributed by atoms with van der Waals surface area (Å²) < 4.78 is 17.3. The summed E-state index contributed by atoms with van der Waals surface area (Å²) in [5.41, 5.74) is -1.54. The van der Waals surface area contributed by atoms with Gasteiger partial charge < -0.3 is 24.8 Å². The molecule has 2 atom stereocenters. The molecule has 0 radical (unpaired) electrons. The number of rotatable bonds is 11. The lowest BCUT2D eigenvalue weighted by molar-refractivity contribution is -0.163. The lowest BCUT2D eigenvalue weighted by atomic mass is 9.76. The van der Waals surface area contributed by atoms with Gasteiger partial charge in [-0.25, -0.2) is 4.79 Å². The van der Waals surface area contributed by atoms with Crippen LogP contribution in [-0.4, -0.2) is 54.3 Å². The van der Waals surface area contributed by atoms with Crippen LogP contribution < -0.4 is 15.4 Å². The summed E-state index contributed by atoms with van der Waals surface area (Å²) in [7, 11) is 1.79. The molecule has 0 spiro atoms. The first kappa shape index (κ1) is 33.6. The van der Waals surface area contributed by atoms with Crippen LogP contribution in [0.15, 0.2) is 24.3 Å². The van der Waals surface area contributed by atoms with Crippen LogP contribution in [0.1, 0.15) is 100.0 Å².